The minimum atomic E-state index is -1.07. The van der Waals surface area contributed by atoms with Gasteiger partial charge in [-0.1, -0.05) is 6.07 Å². The van der Waals surface area contributed by atoms with Gasteiger partial charge in [-0.2, -0.15) is 0 Å². The number of benzene rings is 1. The molecule has 1 fully saturated rings. The van der Waals surface area contributed by atoms with E-state index < -0.39 is 29.8 Å². The first-order chi connectivity index (χ1) is 12.7. The second-order valence-corrected chi connectivity index (χ2v) is 6.37. The second-order valence-electron chi connectivity index (χ2n) is 6.37. The van der Waals surface area contributed by atoms with Crippen molar-refractivity contribution in [1.82, 2.24) is 9.80 Å². The van der Waals surface area contributed by atoms with E-state index in [1.54, 1.807) is 13.0 Å². The average Bonchev–Trinajstić information content (AvgIpc) is 2.84. The van der Waals surface area contributed by atoms with Gasteiger partial charge in [0.05, 0.1) is 0 Å². The van der Waals surface area contributed by atoms with Gasteiger partial charge in [-0.05, 0) is 38.0 Å². The third-order valence-corrected chi connectivity index (χ3v) is 4.11. The highest BCUT2D eigenvalue weighted by atomic mass is 19.1. The molecule has 0 radical (unpaired) electrons. The van der Waals surface area contributed by atoms with Gasteiger partial charge in [0.1, 0.15) is 12.4 Å². The van der Waals surface area contributed by atoms with Crippen molar-refractivity contribution >= 4 is 29.5 Å². The molecule has 146 valence electrons. The number of rotatable bonds is 7. The Morgan fingerprint density at radius 1 is 1.33 bits per heavy atom. The van der Waals surface area contributed by atoms with Crippen LogP contribution >= 0.6 is 0 Å². The van der Waals surface area contributed by atoms with Gasteiger partial charge in [-0.15, -0.1) is 0 Å². The summed E-state index contributed by atoms with van der Waals surface area (Å²) < 4.78 is 18.5. The summed E-state index contributed by atoms with van der Waals surface area (Å²) >= 11 is 0. The van der Waals surface area contributed by atoms with Crippen molar-refractivity contribution in [2.24, 2.45) is 0 Å². The van der Waals surface area contributed by atoms with Crippen molar-refractivity contribution in [2.45, 2.75) is 32.8 Å². The van der Waals surface area contributed by atoms with Crippen LogP contribution in [-0.2, 0) is 19.1 Å². The van der Waals surface area contributed by atoms with Crippen LogP contribution in [0.1, 0.15) is 25.3 Å². The summed E-state index contributed by atoms with van der Waals surface area (Å²) in [5, 5.41) is 2.47. The molecule has 0 bridgehead atoms. The zero-order chi connectivity index (χ0) is 20.1. The van der Waals surface area contributed by atoms with Crippen LogP contribution in [0.4, 0.5) is 14.9 Å². The lowest BCUT2D eigenvalue weighted by Gasteiger charge is -2.15. The topological polar surface area (TPSA) is 96.0 Å². The summed E-state index contributed by atoms with van der Waals surface area (Å²) in [5.41, 5.74) is 0.717. The van der Waals surface area contributed by atoms with Gasteiger partial charge >= 0.3 is 12.0 Å². The standard InChI is InChI=1S/C18H22FN3O5/c1-11-6-7-13(9-14(11)19)20-17(25)12(2)27-16(24)5-4-8-22-15(23)10-21(3)18(22)26/h6-7,9,12H,4-5,8,10H2,1-3H3,(H,20,25)/t12-/m1/s1. The number of aryl methyl sites for hydroxylation is 1. The fourth-order valence-corrected chi connectivity index (χ4v) is 2.49. The molecule has 1 N–H and O–H groups in total. The van der Waals surface area contributed by atoms with Gasteiger partial charge in [-0.3, -0.25) is 19.3 Å². The number of nitrogens with zero attached hydrogens (tertiary/aromatic N) is 2. The van der Waals surface area contributed by atoms with Gasteiger partial charge < -0.3 is 15.0 Å². The number of carbonyl (C=O) groups excluding carboxylic acids is 4. The van der Waals surface area contributed by atoms with Gasteiger partial charge in [0.2, 0.25) is 5.91 Å². The van der Waals surface area contributed by atoms with E-state index in [1.165, 1.54) is 31.0 Å². The molecule has 1 heterocycles. The summed E-state index contributed by atoms with van der Waals surface area (Å²) in [4.78, 5) is 49.6. The number of carbonyl (C=O) groups is 4. The Labute approximate surface area is 156 Å². The van der Waals surface area contributed by atoms with E-state index in [0.717, 1.165) is 4.90 Å². The van der Waals surface area contributed by atoms with E-state index in [4.69, 9.17) is 4.74 Å². The molecule has 27 heavy (non-hydrogen) atoms. The highest BCUT2D eigenvalue weighted by Crippen LogP contribution is 2.14. The monoisotopic (exact) mass is 379 g/mol. The van der Waals surface area contributed by atoms with E-state index in [-0.39, 0.29) is 37.5 Å². The van der Waals surface area contributed by atoms with Crippen LogP contribution in [0.25, 0.3) is 0 Å². The quantitative estimate of drug-likeness (QED) is 0.574. The third-order valence-electron chi connectivity index (χ3n) is 4.11. The number of hydrogen-bond acceptors (Lipinski definition) is 5. The maximum atomic E-state index is 13.5. The Morgan fingerprint density at radius 3 is 2.63 bits per heavy atom. The number of nitrogens with one attached hydrogen (secondary N) is 1. The minimum absolute atomic E-state index is 0.0279. The number of amides is 4. The zero-order valence-corrected chi connectivity index (χ0v) is 15.5. The van der Waals surface area contributed by atoms with Crippen LogP contribution in [0.3, 0.4) is 0 Å². The highest BCUT2D eigenvalue weighted by molar-refractivity contribution is 6.01. The van der Waals surface area contributed by atoms with Gasteiger partial charge in [-0.25, -0.2) is 9.18 Å². The first kappa shape index (κ1) is 20.3. The number of likely N-dealkylation sites (N-methyl/N-ethyl adjacent to an activating group) is 1. The third kappa shape index (κ3) is 5.25. The van der Waals surface area contributed by atoms with Crippen molar-refractivity contribution in [3.8, 4) is 0 Å². The van der Waals surface area contributed by atoms with E-state index in [9.17, 15) is 23.6 Å². The lowest BCUT2D eigenvalue weighted by atomic mass is 10.2. The maximum Gasteiger partial charge on any atom is 0.326 e. The fourth-order valence-electron chi connectivity index (χ4n) is 2.49. The van der Waals surface area contributed by atoms with Crippen LogP contribution in [0, 0.1) is 12.7 Å². The first-order valence-corrected chi connectivity index (χ1v) is 8.51. The zero-order valence-electron chi connectivity index (χ0n) is 15.5. The molecule has 1 aliphatic heterocycles. The SMILES string of the molecule is Cc1ccc(NC(=O)[C@@H](C)OC(=O)CCCN2C(=O)CN(C)C2=O)cc1F. The Bertz CT molecular complexity index is 767. The van der Waals surface area contributed by atoms with Crippen LogP contribution in [-0.4, -0.2) is 59.9 Å². The molecular formula is C18H22FN3O5. The number of hydrogen-bond donors (Lipinski definition) is 1. The normalized spacial score (nSPS) is 15.1. The molecule has 9 heteroatoms. The van der Waals surface area contributed by atoms with Crippen LogP contribution in [0.15, 0.2) is 18.2 Å². The Kier molecular flexibility index (Phi) is 6.49. The molecule has 8 nitrogen and oxygen atoms in total. The summed E-state index contributed by atoms with van der Waals surface area (Å²) in [6.07, 6.45) is -0.873. The lowest BCUT2D eigenvalue weighted by molar-refractivity contribution is -0.153. The van der Waals surface area contributed by atoms with Gasteiger partial charge in [0, 0.05) is 25.7 Å². The van der Waals surface area contributed by atoms with Crippen molar-refractivity contribution in [2.75, 3.05) is 25.5 Å². The molecular weight excluding hydrogens is 357 g/mol. The molecule has 0 aromatic heterocycles. The van der Waals surface area contributed by atoms with Crippen LogP contribution < -0.4 is 5.32 Å². The first-order valence-electron chi connectivity index (χ1n) is 8.51. The van der Waals surface area contributed by atoms with Gasteiger partial charge in [0.25, 0.3) is 5.91 Å². The molecule has 1 aromatic carbocycles. The number of halogens is 1. The minimum Gasteiger partial charge on any atom is -0.453 e. The number of ether oxygens (including phenoxy) is 1. The maximum absolute atomic E-state index is 13.5. The molecule has 2 rings (SSSR count). The molecule has 0 unspecified atom stereocenters. The molecule has 1 aliphatic rings. The van der Waals surface area contributed by atoms with Crippen LogP contribution in [0.5, 0.6) is 0 Å². The van der Waals surface area contributed by atoms with E-state index in [1.807, 2.05) is 0 Å². The number of imide groups is 1. The summed E-state index contributed by atoms with van der Waals surface area (Å²) in [5.74, 6) is -1.97. The van der Waals surface area contributed by atoms with Crippen molar-refractivity contribution < 1.29 is 28.3 Å². The molecule has 1 atom stereocenters. The van der Waals surface area contributed by atoms with Crippen molar-refractivity contribution in [3.63, 3.8) is 0 Å². The Morgan fingerprint density at radius 2 is 2.04 bits per heavy atom. The summed E-state index contributed by atoms with van der Waals surface area (Å²) in [6, 6.07) is 3.86. The molecule has 1 aromatic rings. The predicted molar refractivity (Wildman–Crippen MR) is 94.3 cm³/mol. The highest BCUT2D eigenvalue weighted by Gasteiger charge is 2.33. The Hall–Kier alpha value is -2.97. The fraction of sp³-hybridized carbons (Fsp3) is 0.444. The van der Waals surface area contributed by atoms with E-state index in [2.05, 4.69) is 5.32 Å². The number of anilines is 1. The smallest absolute Gasteiger partial charge is 0.326 e. The van der Waals surface area contributed by atoms with E-state index in [0.29, 0.717) is 5.56 Å². The van der Waals surface area contributed by atoms with Crippen molar-refractivity contribution in [1.29, 1.82) is 0 Å². The molecule has 0 saturated carbocycles. The van der Waals surface area contributed by atoms with E-state index >= 15 is 0 Å². The largest absolute Gasteiger partial charge is 0.453 e. The predicted octanol–water partition coefficient (Wildman–Crippen LogP) is 1.68. The molecule has 0 aliphatic carbocycles. The van der Waals surface area contributed by atoms with Gasteiger partial charge in [0.15, 0.2) is 6.10 Å². The van der Waals surface area contributed by atoms with Crippen LogP contribution in [0.2, 0.25) is 0 Å². The molecule has 0 spiro atoms. The lowest BCUT2D eigenvalue weighted by Crippen LogP contribution is -2.33. The second kappa shape index (κ2) is 8.61. The molecule has 1 saturated heterocycles. The molecule has 4 amide bonds. The number of urea groups is 1. The number of esters is 1. The Balaban J connectivity index is 1.76. The summed E-state index contributed by atoms with van der Waals surface area (Å²) in [6.45, 7) is 3.15. The van der Waals surface area contributed by atoms with Crippen molar-refractivity contribution in [3.05, 3.63) is 29.6 Å². The summed E-state index contributed by atoms with van der Waals surface area (Å²) in [7, 11) is 1.52. The average molecular weight is 379 g/mol.